The fourth-order valence-corrected chi connectivity index (χ4v) is 13.7. The summed E-state index contributed by atoms with van der Waals surface area (Å²) in [5.41, 5.74) is 17.1. The Bertz CT molecular complexity index is 4890. The maximum Gasteiger partial charge on any atom is 0.135 e. The van der Waals surface area contributed by atoms with Gasteiger partial charge in [-0.25, -0.2) is 0 Å². The van der Waals surface area contributed by atoms with E-state index in [2.05, 4.69) is 250 Å². The molecule has 14 aromatic rings. The summed E-state index contributed by atoms with van der Waals surface area (Å²) >= 11 is 0. The quantitative estimate of drug-likeness (QED) is 0.149. The molecule has 0 saturated heterocycles. The van der Waals surface area contributed by atoms with Gasteiger partial charge in [-0.3, -0.25) is 0 Å². The normalized spacial score (nSPS) is 12.4. The van der Waals surface area contributed by atoms with Crippen LogP contribution in [0.5, 0.6) is 23.0 Å². The van der Waals surface area contributed by atoms with E-state index in [1.54, 1.807) is 0 Å². The molecule has 2 heterocycles. The molecule has 0 aliphatic carbocycles. The van der Waals surface area contributed by atoms with E-state index in [1.807, 2.05) is 18.2 Å². The van der Waals surface area contributed by atoms with Crippen molar-refractivity contribution in [2.45, 2.75) is 25.7 Å². The Balaban J connectivity index is 0.738. The number of rotatable bonds is 7. The lowest BCUT2D eigenvalue weighted by Crippen LogP contribution is -2.20. The van der Waals surface area contributed by atoms with Crippen molar-refractivity contribution in [2.75, 3.05) is 0 Å². The zero-order chi connectivity index (χ0) is 53.2. The van der Waals surface area contributed by atoms with Gasteiger partial charge < -0.3 is 9.47 Å². The maximum absolute atomic E-state index is 9.58. The van der Waals surface area contributed by atoms with Gasteiger partial charge in [-0.2, -0.15) is 5.26 Å². The molecule has 3 nitrogen and oxygen atoms in total. The Morgan fingerprint density at radius 1 is 0.325 bits per heavy atom. The molecule has 2 aliphatic rings. The van der Waals surface area contributed by atoms with Gasteiger partial charge in [0.25, 0.3) is 0 Å². The van der Waals surface area contributed by atoms with Gasteiger partial charge in [0.15, 0.2) is 0 Å². The minimum Gasteiger partial charge on any atom is -0.456 e. The Hall–Kier alpha value is -10.3. The number of fused-ring (bicyclic) bond motifs is 8. The summed E-state index contributed by atoms with van der Waals surface area (Å²) < 4.78 is 13.5. The molecule has 0 unspecified atom stereocenters. The number of hydrogen-bond donors (Lipinski definition) is 0. The fourth-order valence-electron chi connectivity index (χ4n) is 13.7. The fraction of sp³-hybridized carbons (Fsp3) is 0.0519. The third-order valence-corrected chi connectivity index (χ3v) is 17.3. The third kappa shape index (κ3) is 6.92. The summed E-state index contributed by atoms with van der Waals surface area (Å²) in [4.78, 5) is 0. The molecule has 14 aromatic carbocycles. The van der Waals surface area contributed by atoms with E-state index in [1.165, 1.54) is 110 Å². The summed E-state index contributed by atoms with van der Waals surface area (Å²) in [5, 5.41) is 23.9. The second-order valence-corrected chi connectivity index (χ2v) is 22.2. The van der Waals surface area contributed by atoms with E-state index in [0.29, 0.717) is 5.56 Å². The van der Waals surface area contributed by atoms with Crippen LogP contribution in [-0.2, 0) is 11.8 Å². The molecule has 80 heavy (non-hydrogen) atoms. The maximum atomic E-state index is 9.58. The Labute approximate surface area is 463 Å². The van der Waals surface area contributed by atoms with E-state index >= 15 is 0 Å². The summed E-state index contributed by atoms with van der Waals surface area (Å²) in [6, 6.07) is 92.3. The minimum atomic E-state index is -0.178. The highest BCUT2D eigenvalue weighted by molar-refractivity contribution is 6.26. The molecule has 16 rings (SSSR count). The smallest absolute Gasteiger partial charge is 0.135 e. The van der Waals surface area contributed by atoms with E-state index in [9.17, 15) is 5.26 Å². The molecular formula is C77H49NO2. The Morgan fingerprint density at radius 2 is 0.700 bits per heavy atom. The summed E-state index contributed by atoms with van der Waals surface area (Å²) in [6.07, 6.45) is 0.837. The molecule has 0 saturated carbocycles. The summed E-state index contributed by atoms with van der Waals surface area (Å²) in [5.74, 6) is 3.55. The van der Waals surface area contributed by atoms with Gasteiger partial charge in [-0.1, -0.05) is 226 Å². The average Bonchev–Trinajstić information content (AvgIpc) is 3.59. The number of benzene rings is 14. The number of para-hydroxylation sites is 1. The predicted octanol–water partition coefficient (Wildman–Crippen LogP) is 21.2. The SMILES string of the molecule is CC(C)(Cc1ccc2c(c1)Oc1cccc3c(-c4c5ccccc5c(-c5ccc(C#N)cc5)c5ccccc45)ccc-2c13)c1ccc(-c2c3ccccc3c(-c3ccc4c5c(cccc35)Oc3ccccc3-4)c3ccccc23)cc1. The van der Waals surface area contributed by atoms with Gasteiger partial charge in [-0.15, -0.1) is 0 Å². The van der Waals surface area contributed by atoms with Crippen molar-refractivity contribution >= 4 is 64.6 Å². The minimum absolute atomic E-state index is 0.178. The highest BCUT2D eigenvalue weighted by atomic mass is 16.5. The molecule has 0 fully saturated rings. The van der Waals surface area contributed by atoms with E-state index < -0.39 is 0 Å². The van der Waals surface area contributed by atoms with Crippen LogP contribution in [0, 0.1) is 11.3 Å². The molecular weight excluding hydrogens is 971 g/mol. The first kappa shape index (κ1) is 45.9. The zero-order valence-corrected chi connectivity index (χ0v) is 44.1. The molecule has 0 amide bonds. The molecule has 0 atom stereocenters. The Kier molecular flexibility index (Phi) is 10.1. The lowest BCUT2D eigenvalue weighted by atomic mass is 9.78. The molecule has 374 valence electrons. The molecule has 0 aromatic heterocycles. The standard InChI is InChI=1S/C77H49NO2/c1-77(2,50-36-34-49(35-37-50)72-55-18-5-9-22-59(55)74(60-23-10-6-19-56(60)72)65-41-39-63-51-15-11-12-26-67(51)79-68-27-13-24-61(65)75(63)68)44-47-31-38-52-64-40-42-66(62-25-14-28-69(76(62)64)80-70(52)43-47)73-57-20-7-3-16-53(57)71(54-17-4-8-21-58(54)73)48-32-29-46(45-78)30-33-48/h3-43H,44H2,1-2H3. The van der Waals surface area contributed by atoms with Gasteiger partial charge in [0.05, 0.1) is 11.6 Å². The molecule has 3 heteroatoms. The first-order valence-electron chi connectivity index (χ1n) is 27.6. The Morgan fingerprint density at radius 3 is 1.19 bits per heavy atom. The predicted molar refractivity (Wildman–Crippen MR) is 332 cm³/mol. The lowest BCUT2D eigenvalue weighted by molar-refractivity contribution is 0.482. The first-order chi connectivity index (χ1) is 39.4. The third-order valence-electron chi connectivity index (χ3n) is 17.3. The second-order valence-electron chi connectivity index (χ2n) is 22.2. The van der Waals surface area contributed by atoms with Gasteiger partial charge in [0.2, 0.25) is 0 Å². The van der Waals surface area contributed by atoms with Crippen LogP contribution < -0.4 is 9.47 Å². The average molecular weight is 1020 g/mol. The van der Waals surface area contributed by atoms with E-state index in [-0.39, 0.29) is 5.41 Å². The lowest BCUT2D eigenvalue weighted by Gasteiger charge is -2.28. The van der Waals surface area contributed by atoms with Gasteiger partial charge in [-0.05, 0) is 169 Å². The summed E-state index contributed by atoms with van der Waals surface area (Å²) in [6.45, 7) is 4.71. The van der Waals surface area contributed by atoms with Crippen molar-refractivity contribution in [1.29, 1.82) is 5.26 Å². The van der Waals surface area contributed by atoms with Crippen molar-refractivity contribution in [3.8, 4) is 95.8 Å². The van der Waals surface area contributed by atoms with Gasteiger partial charge in [0.1, 0.15) is 23.0 Å². The second kappa shape index (κ2) is 17.6. The molecule has 0 spiro atoms. The van der Waals surface area contributed by atoms with Crippen molar-refractivity contribution in [3.63, 3.8) is 0 Å². The first-order valence-corrected chi connectivity index (χ1v) is 27.6. The van der Waals surface area contributed by atoms with Crippen molar-refractivity contribution in [1.82, 2.24) is 0 Å². The monoisotopic (exact) mass is 1020 g/mol. The van der Waals surface area contributed by atoms with Gasteiger partial charge >= 0.3 is 0 Å². The van der Waals surface area contributed by atoms with Gasteiger partial charge in [0, 0.05) is 21.9 Å². The van der Waals surface area contributed by atoms with Crippen LogP contribution >= 0.6 is 0 Å². The summed E-state index contributed by atoms with van der Waals surface area (Å²) in [7, 11) is 0. The van der Waals surface area contributed by atoms with Crippen molar-refractivity contribution in [3.05, 3.63) is 265 Å². The van der Waals surface area contributed by atoms with Crippen LogP contribution in [0.4, 0.5) is 0 Å². The molecule has 0 N–H and O–H groups in total. The highest BCUT2D eigenvalue weighted by Gasteiger charge is 2.28. The molecule has 0 radical (unpaired) electrons. The van der Waals surface area contributed by atoms with Crippen molar-refractivity contribution < 1.29 is 9.47 Å². The number of nitrogens with zero attached hydrogens (tertiary/aromatic N) is 1. The van der Waals surface area contributed by atoms with E-state index in [4.69, 9.17) is 9.47 Å². The highest BCUT2D eigenvalue weighted by Crippen LogP contribution is 2.54. The molecule has 0 bridgehead atoms. The van der Waals surface area contributed by atoms with E-state index in [0.717, 1.165) is 62.3 Å². The number of hydrogen-bond acceptors (Lipinski definition) is 3. The molecule has 2 aliphatic heterocycles. The van der Waals surface area contributed by atoms with Crippen LogP contribution in [-0.4, -0.2) is 0 Å². The van der Waals surface area contributed by atoms with Crippen molar-refractivity contribution in [2.24, 2.45) is 0 Å². The number of ether oxygens (including phenoxy) is 2. The van der Waals surface area contributed by atoms with Crippen LogP contribution in [0.15, 0.2) is 249 Å². The topological polar surface area (TPSA) is 42.2 Å². The van der Waals surface area contributed by atoms with Crippen LogP contribution in [0.25, 0.3) is 131 Å². The largest absolute Gasteiger partial charge is 0.456 e. The zero-order valence-electron chi connectivity index (χ0n) is 44.1. The van der Waals surface area contributed by atoms with Crippen LogP contribution in [0.3, 0.4) is 0 Å². The van der Waals surface area contributed by atoms with Crippen LogP contribution in [0.2, 0.25) is 0 Å². The number of nitriles is 1. The van der Waals surface area contributed by atoms with Crippen LogP contribution in [0.1, 0.15) is 30.5 Å².